The van der Waals surface area contributed by atoms with Gasteiger partial charge in [0.1, 0.15) is 11.5 Å². The van der Waals surface area contributed by atoms with Gasteiger partial charge in [-0.1, -0.05) is 36.4 Å². The van der Waals surface area contributed by atoms with Gasteiger partial charge in [0.2, 0.25) is 0 Å². The molecule has 1 heterocycles. The molecule has 3 rings (SSSR count). The number of carbonyl (C=O) groups is 2. The van der Waals surface area contributed by atoms with E-state index in [0.717, 1.165) is 29.7 Å². The lowest BCUT2D eigenvalue weighted by Crippen LogP contribution is -2.23. The van der Waals surface area contributed by atoms with Crippen molar-refractivity contribution >= 4 is 11.9 Å². The van der Waals surface area contributed by atoms with Crippen molar-refractivity contribution in [1.29, 1.82) is 0 Å². The van der Waals surface area contributed by atoms with Gasteiger partial charge in [-0.05, 0) is 49.1 Å². The molecule has 0 aliphatic rings. The lowest BCUT2D eigenvalue weighted by molar-refractivity contribution is -0.137. The van der Waals surface area contributed by atoms with Crippen molar-refractivity contribution in [2.24, 2.45) is 0 Å². The standard InChI is InChI=1S/C24H25NO5/c26-23(27)10-2-1-5-15-30-22-8-4-3-7-20(22)24(28)25-17-18-11-13-19(14-12-18)21-9-6-16-29-21/h3-4,6-9,11-14,16H,1-2,5,10,15,17H2,(H,25,28)(H,26,27). The van der Waals surface area contributed by atoms with Gasteiger partial charge in [0, 0.05) is 18.5 Å². The summed E-state index contributed by atoms with van der Waals surface area (Å²) in [6, 6.07) is 18.7. The van der Waals surface area contributed by atoms with Crippen LogP contribution in [0.5, 0.6) is 5.75 Å². The molecular formula is C24H25NO5. The first-order valence-corrected chi connectivity index (χ1v) is 9.98. The molecule has 156 valence electrons. The number of ether oxygens (including phenoxy) is 1. The summed E-state index contributed by atoms with van der Waals surface area (Å²) in [4.78, 5) is 23.2. The Kier molecular flexibility index (Phi) is 7.66. The van der Waals surface area contributed by atoms with Crippen molar-refractivity contribution in [3.05, 3.63) is 78.1 Å². The molecule has 0 spiro atoms. The zero-order valence-electron chi connectivity index (χ0n) is 16.7. The topological polar surface area (TPSA) is 88.8 Å². The van der Waals surface area contributed by atoms with Gasteiger partial charge < -0.3 is 19.6 Å². The number of carbonyl (C=O) groups excluding carboxylic acids is 1. The maximum atomic E-state index is 12.6. The first-order chi connectivity index (χ1) is 14.6. The normalized spacial score (nSPS) is 10.5. The number of hydrogen-bond acceptors (Lipinski definition) is 4. The van der Waals surface area contributed by atoms with E-state index in [4.69, 9.17) is 14.3 Å². The Morgan fingerprint density at radius 3 is 2.47 bits per heavy atom. The van der Waals surface area contributed by atoms with E-state index in [0.29, 0.717) is 30.9 Å². The summed E-state index contributed by atoms with van der Waals surface area (Å²) >= 11 is 0. The van der Waals surface area contributed by atoms with Crippen LogP contribution >= 0.6 is 0 Å². The number of amides is 1. The number of rotatable bonds is 11. The maximum absolute atomic E-state index is 12.6. The fourth-order valence-corrected chi connectivity index (χ4v) is 3.02. The van der Waals surface area contributed by atoms with E-state index in [9.17, 15) is 9.59 Å². The second-order valence-electron chi connectivity index (χ2n) is 6.91. The fourth-order valence-electron chi connectivity index (χ4n) is 3.02. The maximum Gasteiger partial charge on any atom is 0.303 e. The van der Waals surface area contributed by atoms with Gasteiger partial charge in [-0.2, -0.15) is 0 Å². The predicted molar refractivity (Wildman–Crippen MR) is 113 cm³/mol. The lowest BCUT2D eigenvalue weighted by Gasteiger charge is -2.12. The minimum atomic E-state index is -0.784. The Labute approximate surface area is 175 Å². The number of para-hydroxylation sites is 1. The van der Waals surface area contributed by atoms with Crippen LogP contribution in [0, 0.1) is 0 Å². The summed E-state index contributed by atoms with van der Waals surface area (Å²) in [5, 5.41) is 11.6. The molecule has 0 radical (unpaired) electrons. The molecule has 0 bridgehead atoms. The molecule has 2 aromatic carbocycles. The average Bonchev–Trinajstić information content (AvgIpc) is 3.30. The van der Waals surface area contributed by atoms with E-state index in [1.165, 1.54) is 0 Å². The Morgan fingerprint density at radius 2 is 1.73 bits per heavy atom. The summed E-state index contributed by atoms with van der Waals surface area (Å²) in [5.74, 6) is 0.348. The van der Waals surface area contributed by atoms with Crippen LogP contribution in [0.1, 0.15) is 41.6 Å². The SMILES string of the molecule is O=C(O)CCCCCOc1ccccc1C(=O)NCc1ccc(-c2ccco2)cc1. The number of furan rings is 1. The van der Waals surface area contributed by atoms with E-state index >= 15 is 0 Å². The van der Waals surface area contributed by atoms with E-state index in [2.05, 4.69) is 5.32 Å². The van der Waals surface area contributed by atoms with Crippen LogP contribution in [0.25, 0.3) is 11.3 Å². The van der Waals surface area contributed by atoms with Crippen LogP contribution in [-0.2, 0) is 11.3 Å². The molecule has 0 atom stereocenters. The first-order valence-electron chi connectivity index (χ1n) is 9.98. The van der Waals surface area contributed by atoms with Gasteiger partial charge in [0.25, 0.3) is 5.91 Å². The molecule has 0 saturated heterocycles. The molecule has 0 saturated carbocycles. The van der Waals surface area contributed by atoms with Crippen LogP contribution < -0.4 is 10.1 Å². The van der Waals surface area contributed by atoms with Crippen molar-refractivity contribution in [2.45, 2.75) is 32.2 Å². The van der Waals surface area contributed by atoms with E-state index in [1.54, 1.807) is 24.5 Å². The van der Waals surface area contributed by atoms with Gasteiger partial charge in [0.05, 0.1) is 18.4 Å². The minimum Gasteiger partial charge on any atom is -0.493 e. The summed E-state index contributed by atoms with van der Waals surface area (Å²) in [6.07, 6.45) is 3.94. The van der Waals surface area contributed by atoms with Crippen LogP contribution in [-0.4, -0.2) is 23.6 Å². The van der Waals surface area contributed by atoms with Gasteiger partial charge in [0.15, 0.2) is 0 Å². The smallest absolute Gasteiger partial charge is 0.303 e. The zero-order chi connectivity index (χ0) is 21.2. The molecule has 1 aromatic heterocycles. The molecule has 3 aromatic rings. The fraction of sp³-hybridized carbons (Fsp3) is 0.250. The largest absolute Gasteiger partial charge is 0.493 e. The molecule has 0 aliphatic heterocycles. The van der Waals surface area contributed by atoms with Crippen LogP contribution in [0.4, 0.5) is 0 Å². The average molecular weight is 407 g/mol. The van der Waals surface area contributed by atoms with Crippen molar-refractivity contribution in [1.82, 2.24) is 5.32 Å². The summed E-state index contributed by atoms with van der Waals surface area (Å²) < 4.78 is 11.1. The highest BCUT2D eigenvalue weighted by Crippen LogP contribution is 2.21. The summed E-state index contributed by atoms with van der Waals surface area (Å²) in [6.45, 7) is 0.846. The molecule has 0 fully saturated rings. The Balaban J connectivity index is 1.50. The highest BCUT2D eigenvalue weighted by Gasteiger charge is 2.12. The van der Waals surface area contributed by atoms with Gasteiger partial charge >= 0.3 is 5.97 Å². The highest BCUT2D eigenvalue weighted by atomic mass is 16.5. The molecule has 6 nitrogen and oxygen atoms in total. The number of carboxylic acids is 1. The summed E-state index contributed by atoms with van der Waals surface area (Å²) in [5.41, 5.74) is 2.45. The van der Waals surface area contributed by atoms with Gasteiger partial charge in [-0.3, -0.25) is 9.59 Å². The van der Waals surface area contributed by atoms with Gasteiger partial charge in [-0.25, -0.2) is 0 Å². The number of nitrogens with one attached hydrogen (secondary N) is 1. The van der Waals surface area contributed by atoms with E-state index in [-0.39, 0.29) is 12.3 Å². The third-order valence-corrected chi connectivity index (χ3v) is 4.64. The number of unbranched alkanes of at least 4 members (excludes halogenated alkanes) is 2. The minimum absolute atomic E-state index is 0.168. The second kappa shape index (κ2) is 10.9. The summed E-state index contributed by atoms with van der Waals surface area (Å²) in [7, 11) is 0. The van der Waals surface area contributed by atoms with Crippen LogP contribution in [0.15, 0.2) is 71.3 Å². The molecule has 30 heavy (non-hydrogen) atoms. The van der Waals surface area contributed by atoms with E-state index in [1.807, 2.05) is 42.5 Å². The first kappa shape index (κ1) is 21.2. The lowest BCUT2D eigenvalue weighted by atomic mass is 10.1. The molecule has 0 unspecified atom stereocenters. The highest BCUT2D eigenvalue weighted by molar-refractivity contribution is 5.96. The number of hydrogen-bond donors (Lipinski definition) is 2. The quantitative estimate of drug-likeness (QED) is 0.441. The van der Waals surface area contributed by atoms with E-state index < -0.39 is 5.97 Å². The Hall–Kier alpha value is -3.54. The number of benzene rings is 2. The molecule has 1 amide bonds. The third-order valence-electron chi connectivity index (χ3n) is 4.64. The van der Waals surface area contributed by atoms with Crippen LogP contribution in [0.2, 0.25) is 0 Å². The van der Waals surface area contributed by atoms with Crippen molar-refractivity contribution in [2.75, 3.05) is 6.61 Å². The van der Waals surface area contributed by atoms with Crippen molar-refractivity contribution in [3.8, 4) is 17.1 Å². The second-order valence-corrected chi connectivity index (χ2v) is 6.91. The number of carboxylic acid groups (broad SMARTS) is 1. The third kappa shape index (κ3) is 6.24. The van der Waals surface area contributed by atoms with Crippen molar-refractivity contribution in [3.63, 3.8) is 0 Å². The monoisotopic (exact) mass is 407 g/mol. The van der Waals surface area contributed by atoms with Crippen LogP contribution in [0.3, 0.4) is 0 Å². The molecule has 0 aliphatic carbocycles. The molecule has 2 N–H and O–H groups in total. The predicted octanol–water partition coefficient (Wildman–Crippen LogP) is 4.90. The molecular weight excluding hydrogens is 382 g/mol. The zero-order valence-corrected chi connectivity index (χ0v) is 16.7. The number of aliphatic carboxylic acids is 1. The van der Waals surface area contributed by atoms with Crippen molar-refractivity contribution < 1.29 is 23.8 Å². The Morgan fingerprint density at radius 1 is 0.933 bits per heavy atom. The Bertz CT molecular complexity index is 948. The van der Waals surface area contributed by atoms with Gasteiger partial charge in [-0.15, -0.1) is 0 Å². The molecule has 6 heteroatoms.